The van der Waals surface area contributed by atoms with Gasteiger partial charge >= 0.3 is 0 Å². The smallest absolute Gasteiger partial charge is 0.298 e. The molecular formula is C25H21N3O3. The summed E-state index contributed by atoms with van der Waals surface area (Å²) in [5.41, 5.74) is 2.81. The minimum absolute atomic E-state index is 0.292. The average molecular weight is 411 g/mol. The number of hydrogen-bond donors (Lipinski definition) is 0. The molecule has 0 saturated carbocycles. The number of amidine groups is 1. The van der Waals surface area contributed by atoms with E-state index in [0.29, 0.717) is 11.5 Å². The Morgan fingerprint density at radius 2 is 1.39 bits per heavy atom. The number of carbonyl (C=O) groups excluding carboxylic acids is 1. The standard InChI is InChI=1S/C25H21N3O3/c1-30-21-12-8-18(9-13-21)16-23-25(29)28(24(27-23)20-6-4-3-5-7-20)26-17-19-10-14-22(31-2)15-11-19/h3-17H,1-2H3/b23-16-,26-17+. The molecular weight excluding hydrogens is 390 g/mol. The van der Waals surface area contributed by atoms with Crippen LogP contribution in [0.2, 0.25) is 0 Å². The van der Waals surface area contributed by atoms with Crippen LogP contribution < -0.4 is 9.47 Å². The summed E-state index contributed by atoms with van der Waals surface area (Å²) in [6, 6.07) is 24.4. The second kappa shape index (κ2) is 9.09. The normalized spacial score (nSPS) is 14.9. The van der Waals surface area contributed by atoms with Gasteiger partial charge in [0.2, 0.25) is 0 Å². The van der Waals surface area contributed by atoms with E-state index >= 15 is 0 Å². The van der Waals surface area contributed by atoms with Gasteiger partial charge in [-0.25, -0.2) is 4.99 Å². The zero-order valence-electron chi connectivity index (χ0n) is 17.2. The van der Waals surface area contributed by atoms with Crippen molar-refractivity contribution >= 4 is 24.0 Å². The van der Waals surface area contributed by atoms with Crippen molar-refractivity contribution < 1.29 is 14.3 Å². The first-order chi connectivity index (χ1) is 15.2. The molecule has 154 valence electrons. The summed E-state index contributed by atoms with van der Waals surface area (Å²) in [5.74, 6) is 1.69. The zero-order valence-corrected chi connectivity index (χ0v) is 17.2. The molecule has 3 aromatic rings. The van der Waals surface area contributed by atoms with E-state index in [1.54, 1.807) is 26.5 Å². The third-order valence-electron chi connectivity index (χ3n) is 4.73. The number of benzene rings is 3. The van der Waals surface area contributed by atoms with Gasteiger partial charge in [0.05, 0.1) is 20.4 Å². The Kier molecular flexibility index (Phi) is 5.89. The van der Waals surface area contributed by atoms with E-state index in [1.807, 2.05) is 78.9 Å². The fraction of sp³-hybridized carbons (Fsp3) is 0.0800. The molecule has 0 N–H and O–H groups in total. The SMILES string of the molecule is COc1ccc(/C=C2\N=C(c3ccccc3)N(/N=C/c3ccc(OC)cc3)C2=O)cc1. The highest BCUT2D eigenvalue weighted by Gasteiger charge is 2.31. The van der Waals surface area contributed by atoms with E-state index < -0.39 is 0 Å². The molecule has 0 atom stereocenters. The lowest BCUT2D eigenvalue weighted by Crippen LogP contribution is -2.27. The van der Waals surface area contributed by atoms with Crippen LogP contribution in [0.5, 0.6) is 11.5 Å². The molecule has 0 aromatic heterocycles. The largest absolute Gasteiger partial charge is 0.497 e. The predicted octanol–water partition coefficient (Wildman–Crippen LogP) is 4.37. The highest BCUT2D eigenvalue weighted by atomic mass is 16.5. The lowest BCUT2D eigenvalue weighted by molar-refractivity contribution is -0.122. The van der Waals surface area contributed by atoms with Crippen molar-refractivity contribution in [1.29, 1.82) is 0 Å². The second-order valence-electron chi connectivity index (χ2n) is 6.74. The van der Waals surface area contributed by atoms with Crippen LogP contribution in [0, 0.1) is 0 Å². The molecule has 1 heterocycles. The molecule has 0 unspecified atom stereocenters. The maximum absolute atomic E-state index is 13.1. The van der Waals surface area contributed by atoms with Gasteiger partial charge in [-0.15, -0.1) is 0 Å². The van der Waals surface area contributed by atoms with Gasteiger partial charge in [-0.3, -0.25) is 4.79 Å². The Hall–Kier alpha value is -4.19. The van der Waals surface area contributed by atoms with Crippen LogP contribution in [0.4, 0.5) is 0 Å². The van der Waals surface area contributed by atoms with Crippen LogP contribution in [-0.2, 0) is 4.79 Å². The number of ether oxygens (including phenoxy) is 2. The van der Waals surface area contributed by atoms with Crippen molar-refractivity contribution in [3.05, 3.63) is 101 Å². The molecule has 4 rings (SSSR count). The highest BCUT2D eigenvalue weighted by molar-refractivity contribution is 6.19. The van der Waals surface area contributed by atoms with Crippen LogP contribution in [0.3, 0.4) is 0 Å². The van der Waals surface area contributed by atoms with E-state index in [1.165, 1.54) is 5.01 Å². The van der Waals surface area contributed by atoms with Crippen LogP contribution >= 0.6 is 0 Å². The molecule has 0 spiro atoms. The molecule has 6 heteroatoms. The topological polar surface area (TPSA) is 63.5 Å². The summed E-state index contributed by atoms with van der Waals surface area (Å²) in [6.45, 7) is 0. The molecule has 1 amide bonds. The Morgan fingerprint density at radius 1 is 0.806 bits per heavy atom. The number of amides is 1. The molecule has 3 aromatic carbocycles. The van der Waals surface area contributed by atoms with Gasteiger partial charge in [0.1, 0.15) is 17.2 Å². The second-order valence-corrected chi connectivity index (χ2v) is 6.74. The zero-order chi connectivity index (χ0) is 21.6. The summed E-state index contributed by atoms with van der Waals surface area (Å²) in [5, 5.41) is 5.76. The number of methoxy groups -OCH3 is 2. The van der Waals surface area contributed by atoms with E-state index in [4.69, 9.17) is 9.47 Å². The Morgan fingerprint density at radius 3 is 1.97 bits per heavy atom. The van der Waals surface area contributed by atoms with Crippen LogP contribution in [0.15, 0.2) is 94.7 Å². The molecule has 0 fully saturated rings. The van der Waals surface area contributed by atoms with Gasteiger partial charge in [0.15, 0.2) is 5.84 Å². The molecule has 31 heavy (non-hydrogen) atoms. The van der Waals surface area contributed by atoms with Crippen LogP contribution in [0.1, 0.15) is 16.7 Å². The maximum Gasteiger partial charge on any atom is 0.298 e. The minimum atomic E-state index is -0.292. The van der Waals surface area contributed by atoms with Crippen LogP contribution in [0.25, 0.3) is 6.08 Å². The van der Waals surface area contributed by atoms with E-state index in [0.717, 1.165) is 28.2 Å². The van der Waals surface area contributed by atoms with Crippen molar-refractivity contribution in [1.82, 2.24) is 5.01 Å². The Labute approximate surface area is 180 Å². The third kappa shape index (κ3) is 4.53. The molecule has 0 aliphatic carbocycles. The molecule has 0 saturated heterocycles. The Balaban J connectivity index is 1.67. The predicted molar refractivity (Wildman–Crippen MR) is 121 cm³/mol. The van der Waals surface area contributed by atoms with Gasteiger partial charge in [-0.05, 0) is 53.6 Å². The molecule has 0 bridgehead atoms. The van der Waals surface area contributed by atoms with Crippen molar-refractivity contribution in [3.63, 3.8) is 0 Å². The molecule has 0 radical (unpaired) electrons. The lowest BCUT2D eigenvalue weighted by Gasteiger charge is -2.12. The number of hydrazone groups is 1. The quantitative estimate of drug-likeness (QED) is 0.447. The Bertz CT molecular complexity index is 1150. The van der Waals surface area contributed by atoms with E-state index in [-0.39, 0.29) is 5.91 Å². The highest BCUT2D eigenvalue weighted by Crippen LogP contribution is 2.23. The summed E-state index contributed by atoms with van der Waals surface area (Å²) in [4.78, 5) is 17.7. The van der Waals surface area contributed by atoms with Gasteiger partial charge in [-0.1, -0.05) is 42.5 Å². The molecule has 1 aliphatic heterocycles. The fourth-order valence-corrected chi connectivity index (χ4v) is 3.06. The van der Waals surface area contributed by atoms with Crippen molar-refractivity contribution in [2.24, 2.45) is 10.1 Å². The van der Waals surface area contributed by atoms with Gasteiger partial charge in [0, 0.05) is 5.56 Å². The summed E-state index contributed by atoms with van der Waals surface area (Å²) >= 11 is 0. The number of aliphatic imine (C=N–C) groups is 1. The fourth-order valence-electron chi connectivity index (χ4n) is 3.06. The molecule has 6 nitrogen and oxygen atoms in total. The van der Waals surface area contributed by atoms with Crippen molar-refractivity contribution in [2.75, 3.05) is 14.2 Å². The molecule has 1 aliphatic rings. The van der Waals surface area contributed by atoms with Crippen molar-refractivity contribution in [2.45, 2.75) is 0 Å². The monoisotopic (exact) mass is 411 g/mol. The van der Waals surface area contributed by atoms with Crippen LogP contribution in [-0.4, -0.2) is 37.2 Å². The number of nitrogens with zero attached hydrogens (tertiary/aromatic N) is 3. The lowest BCUT2D eigenvalue weighted by atomic mass is 10.2. The first kappa shape index (κ1) is 20.1. The third-order valence-corrected chi connectivity index (χ3v) is 4.73. The van der Waals surface area contributed by atoms with Gasteiger partial charge in [0.25, 0.3) is 5.91 Å². The van der Waals surface area contributed by atoms with Gasteiger partial charge in [-0.2, -0.15) is 10.1 Å². The summed E-state index contributed by atoms with van der Waals surface area (Å²) in [6.07, 6.45) is 3.37. The minimum Gasteiger partial charge on any atom is -0.497 e. The van der Waals surface area contributed by atoms with Gasteiger partial charge < -0.3 is 9.47 Å². The first-order valence-electron chi connectivity index (χ1n) is 9.70. The number of rotatable bonds is 6. The maximum atomic E-state index is 13.1. The first-order valence-corrected chi connectivity index (χ1v) is 9.70. The van der Waals surface area contributed by atoms with Crippen molar-refractivity contribution in [3.8, 4) is 11.5 Å². The van der Waals surface area contributed by atoms with E-state index in [9.17, 15) is 4.79 Å². The van der Waals surface area contributed by atoms with E-state index in [2.05, 4.69) is 10.1 Å². The number of hydrogen-bond acceptors (Lipinski definition) is 5. The average Bonchev–Trinajstić information content (AvgIpc) is 3.14. The number of carbonyl (C=O) groups is 1. The summed E-state index contributed by atoms with van der Waals surface area (Å²) < 4.78 is 10.4. The summed E-state index contributed by atoms with van der Waals surface area (Å²) in [7, 11) is 3.23.